The normalized spacial score (nSPS) is 17.5. The number of amides is 1. The molecule has 2 aromatic carbocycles. The van der Waals surface area contributed by atoms with Gasteiger partial charge < -0.3 is 19.4 Å². The smallest absolute Gasteiger partial charge is 0.407 e. The maximum atomic E-state index is 12.3. The van der Waals surface area contributed by atoms with Crippen LogP contribution < -0.4 is 10.1 Å². The Labute approximate surface area is 196 Å². The van der Waals surface area contributed by atoms with E-state index < -0.39 is 23.1 Å². The van der Waals surface area contributed by atoms with Crippen LogP contribution in [-0.4, -0.2) is 34.9 Å². The zero-order chi connectivity index (χ0) is 23.8. The molecular formula is C25H25ClN2O5. The van der Waals surface area contributed by atoms with Crippen LogP contribution in [0.4, 0.5) is 4.79 Å². The predicted molar refractivity (Wildman–Crippen MR) is 125 cm³/mol. The van der Waals surface area contributed by atoms with Gasteiger partial charge in [0.1, 0.15) is 24.2 Å². The van der Waals surface area contributed by atoms with Crippen molar-refractivity contribution in [3.8, 4) is 5.75 Å². The average Bonchev–Trinajstić information content (AvgIpc) is 3.25. The Balaban J connectivity index is 1.71. The van der Waals surface area contributed by atoms with Crippen LogP contribution in [0.1, 0.15) is 58.1 Å². The second-order valence-electron chi connectivity index (χ2n) is 8.99. The van der Waals surface area contributed by atoms with Crippen molar-refractivity contribution in [2.24, 2.45) is 0 Å². The second kappa shape index (κ2) is 8.90. The number of rotatable bonds is 6. The number of hydrogen-bond donors (Lipinski definition) is 1. The first-order valence-electron chi connectivity index (χ1n) is 10.6. The van der Waals surface area contributed by atoms with Crippen molar-refractivity contribution in [1.82, 2.24) is 9.88 Å². The standard InChI is InChI=1S/C25H25ClN2O5/c1-25(2,3)33-24(31)27-18-11-28-19-9-16(12-29)10-20(32-14-15-7-5-4-6-8-15)21(19)17(13-30)23(28)22(18)26/h4-10,12-13,18,22H,11,14H2,1-3H3,(H,27,31)/t18-,22+/m0/s1. The summed E-state index contributed by atoms with van der Waals surface area (Å²) in [6, 6.07) is 12.5. The summed E-state index contributed by atoms with van der Waals surface area (Å²) < 4.78 is 13.3. The number of aldehydes is 2. The van der Waals surface area contributed by atoms with Crippen LogP contribution in [0.15, 0.2) is 42.5 Å². The lowest BCUT2D eigenvalue weighted by atomic mass is 10.0. The van der Waals surface area contributed by atoms with Gasteiger partial charge in [-0.25, -0.2) is 4.79 Å². The number of nitrogens with one attached hydrogen (secondary N) is 1. The highest BCUT2D eigenvalue weighted by Gasteiger charge is 2.38. The quantitative estimate of drug-likeness (QED) is 0.405. The number of fused-ring (bicyclic) bond motifs is 3. The lowest BCUT2D eigenvalue weighted by Gasteiger charge is -2.23. The Morgan fingerprint density at radius 1 is 1.18 bits per heavy atom. The van der Waals surface area contributed by atoms with Gasteiger partial charge in [-0.1, -0.05) is 30.3 Å². The Morgan fingerprint density at radius 3 is 2.55 bits per heavy atom. The van der Waals surface area contributed by atoms with Crippen LogP contribution in [0.5, 0.6) is 5.75 Å². The number of benzene rings is 2. The summed E-state index contributed by atoms with van der Waals surface area (Å²) in [6.07, 6.45) is 0.898. The third-order valence-electron chi connectivity index (χ3n) is 5.42. The third-order valence-corrected chi connectivity index (χ3v) is 5.93. The molecule has 0 saturated heterocycles. The van der Waals surface area contributed by atoms with Crippen molar-refractivity contribution >= 4 is 41.2 Å². The number of nitrogens with zero attached hydrogens (tertiary/aromatic N) is 1. The number of hydrogen-bond acceptors (Lipinski definition) is 5. The van der Waals surface area contributed by atoms with Gasteiger partial charge >= 0.3 is 6.09 Å². The van der Waals surface area contributed by atoms with E-state index in [2.05, 4.69) is 5.32 Å². The van der Waals surface area contributed by atoms with Gasteiger partial charge in [0.15, 0.2) is 6.29 Å². The SMILES string of the molecule is CC(C)(C)OC(=O)N[C@H]1Cn2c(c(C=O)c3c(OCc4ccccc4)cc(C=O)cc32)[C@@H]1Cl. The van der Waals surface area contributed by atoms with E-state index in [-0.39, 0.29) is 6.61 Å². The van der Waals surface area contributed by atoms with Crippen molar-refractivity contribution in [2.75, 3.05) is 0 Å². The molecule has 172 valence electrons. The summed E-state index contributed by atoms with van der Waals surface area (Å²) in [4.78, 5) is 36.1. The van der Waals surface area contributed by atoms with Crippen molar-refractivity contribution in [3.05, 3.63) is 64.8 Å². The Bertz CT molecular complexity index is 1210. The molecule has 1 aliphatic rings. The molecule has 0 aliphatic carbocycles. The van der Waals surface area contributed by atoms with E-state index in [1.54, 1.807) is 32.9 Å². The highest BCUT2D eigenvalue weighted by atomic mass is 35.5. The maximum Gasteiger partial charge on any atom is 0.407 e. The number of carbonyl (C=O) groups excluding carboxylic acids is 3. The van der Waals surface area contributed by atoms with E-state index in [0.717, 1.165) is 18.1 Å². The molecule has 33 heavy (non-hydrogen) atoms. The van der Waals surface area contributed by atoms with E-state index in [0.29, 0.717) is 40.0 Å². The van der Waals surface area contributed by atoms with Gasteiger partial charge in [0.05, 0.1) is 22.3 Å². The highest BCUT2D eigenvalue weighted by Crippen LogP contribution is 2.43. The predicted octanol–water partition coefficient (Wildman–Crippen LogP) is 5.03. The zero-order valence-electron chi connectivity index (χ0n) is 18.6. The average molecular weight is 469 g/mol. The molecule has 0 fully saturated rings. The number of aromatic nitrogens is 1. The molecule has 1 amide bonds. The molecule has 7 nitrogen and oxygen atoms in total. The van der Waals surface area contributed by atoms with E-state index in [4.69, 9.17) is 21.1 Å². The van der Waals surface area contributed by atoms with Gasteiger partial charge in [-0.05, 0) is 38.5 Å². The minimum atomic E-state index is -0.660. The molecule has 0 unspecified atom stereocenters. The fourth-order valence-electron chi connectivity index (χ4n) is 4.10. The lowest BCUT2D eigenvalue weighted by Crippen LogP contribution is -2.40. The first-order valence-corrected chi connectivity index (χ1v) is 11.1. The van der Waals surface area contributed by atoms with Crippen LogP contribution in [0.2, 0.25) is 0 Å². The molecule has 1 N–H and O–H groups in total. The van der Waals surface area contributed by atoms with Gasteiger partial charge in [-0.3, -0.25) is 9.59 Å². The fourth-order valence-corrected chi connectivity index (χ4v) is 4.47. The topological polar surface area (TPSA) is 86.6 Å². The molecule has 4 rings (SSSR count). The summed E-state index contributed by atoms with van der Waals surface area (Å²) in [5.74, 6) is 0.433. The van der Waals surface area contributed by atoms with Crippen molar-refractivity contribution < 1.29 is 23.9 Å². The molecule has 2 heterocycles. The van der Waals surface area contributed by atoms with E-state index in [1.807, 2.05) is 34.9 Å². The molecular weight excluding hydrogens is 444 g/mol. The van der Waals surface area contributed by atoms with Crippen LogP contribution in [0, 0.1) is 0 Å². The minimum absolute atomic E-state index is 0.282. The number of alkyl halides is 1. The number of carbonyl (C=O) groups is 3. The van der Waals surface area contributed by atoms with E-state index >= 15 is 0 Å². The fraction of sp³-hybridized carbons (Fsp3) is 0.320. The molecule has 2 atom stereocenters. The first kappa shape index (κ1) is 22.9. The minimum Gasteiger partial charge on any atom is -0.488 e. The van der Waals surface area contributed by atoms with Crippen LogP contribution in [0.25, 0.3) is 10.9 Å². The molecule has 1 aliphatic heterocycles. The van der Waals surface area contributed by atoms with Crippen molar-refractivity contribution in [1.29, 1.82) is 0 Å². The first-order chi connectivity index (χ1) is 15.7. The summed E-state index contributed by atoms with van der Waals surface area (Å²) in [5.41, 5.74) is 2.34. The molecule has 3 aromatic rings. The molecule has 0 radical (unpaired) electrons. The second-order valence-corrected chi connectivity index (χ2v) is 9.46. The molecule has 0 bridgehead atoms. The molecule has 0 spiro atoms. The largest absolute Gasteiger partial charge is 0.488 e. The van der Waals surface area contributed by atoms with Crippen molar-refractivity contribution in [3.63, 3.8) is 0 Å². The Morgan fingerprint density at radius 2 is 1.91 bits per heavy atom. The number of halogens is 1. The maximum absolute atomic E-state index is 12.3. The van der Waals surface area contributed by atoms with Crippen LogP contribution in [-0.2, 0) is 17.9 Å². The monoisotopic (exact) mass is 468 g/mol. The van der Waals surface area contributed by atoms with Crippen molar-refractivity contribution in [2.45, 2.75) is 50.9 Å². The van der Waals surface area contributed by atoms with Gasteiger partial charge in [-0.2, -0.15) is 0 Å². The van der Waals surface area contributed by atoms with Gasteiger partial charge in [0.2, 0.25) is 0 Å². The van der Waals surface area contributed by atoms with Crippen LogP contribution >= 0.6 is 11.6 Å². The van der Waals surface area contributed by atoms with Gasteiger partial charge in [0, 0.05) is 23.4 Å². The van der Waals surface area contributed by atoms with Gasteiger partial charge in [-0.15, -0.1) is 11.6 Å². The Kier molecular flexibility index (Phi) is 6.17. The summed E-state index contributed by atoms with van der Waals surface area (Å²) in [6.45, 7) is 5.94. The lowest BCUT2D eigenvalue weighted by molar-refractivity contribution is 0.0503. The third kappa shape index (κ3) is 4.59. The molecule has 0 saturated carbocycles. The van der Waals surface area contributed by atoms with E-state index in [9.17, 15) is 14.4 Å². The van der Waals surface area contributed by atoms with E-state index in [1.165, 1.54) is 0 Å². The number of alkyl carbamates (subject to hydrolysis) is 1. The summed E-state index contributed by atoms with van der Waals surface area (Å²) >= 11 is 6.72. The molecule has 8 heteroatoms. The Hall–Kier alpha value is -3.32. The summed E-state index contributed by atoms with van der Waals surface area (Å²) in [7, 11) is 0. The molecule has 1 aromatic heterocycles. The van der Waals surface area contributed by atoms with Gasteiger partial charge in [0.25, 0.3) is 0 Å². The van der Waals surface area contributed by atoms with Crippen LogP contribution in [0.3, 0.4) is 0 Å². The summed E-state index contributed by atoms with van der Waals surface area (Å²) in [5, 5.41) is 2.73. The number of ether oxygens (including phenoxy) is 2. The highest BCUT2D eigenvalue weighted by molar-refractivity contribution is 6.23. The zero-order valence-corrected chi connectivity index (χ0v) is 19.4.